The highest BCUT2D eigenvalue weighted by Gasteiger charge is 2.23. The topological polar surface area (TPSA) is 131 Å². The van der Waals surface area contributed by atoms with Gasteiger partial charge >= 0.3 is 13.8 Å². The van der Waals surface area contributed by atoms with Crippen molar-refractivity contribution in [1.29, 1.82) is 0 Å². The Balaban J connectivity index is 3.52. The van der Waals surface area contributed by atoms with Crippen LogP contribution >= 0.6 is 7.82 Å². The lowest BCUT2D eigenvalue weighted by atomic mass is 10.0. The summed E-state index contributed by atoms with van der Waals surface area (Å²) in [5, 5.41) is 12.5. The minimum atomic E-state index is -4.39. The molecule has 0 fully saturated rings. The van der Waals surface area contributed by atoms with E-state index in [-0.39, 0.29) is 32.1 Å². The maximum absolute atomic E-state index is 11.9. The predicted molar refractivity (Wildman–Crippen MR) is 188 cm³/mol. The molecule has 0 heterocycles. The number of unbranched alkanes of at least 4 members (excludes halogenated alkanes) is 20. The standard InChI is InChI=1S/C36H70NO8P/c1-3-5-7-9-10-11-12-13-14-15-16-17-18-19-20-21-22-23-24-25-27-29-36(40)43-32-34(38)33-45-46(41,42)44-31-30-37-35(39)28-26-8-6-4-2/h13-14,34,38H,3-12,15-33H2,1-2H3,(H,37,39)(H,41,42)/b14-13+. The number of aliphatic hydroxyl groups is 1. The van der Waals surface area contributed by atoms with E-state index < -0.39 is 26.5 Å². The average molecular weight is 676 g/mol. The van der Waals surface area contributed by atoms with Gasteiger partial charge in [-0.1, -0.05) is 135 Å². The Kier molecular flexibility index (Phi) is 32.7. The quantitative estimate of drug-likeness (QED) is 0.0262. The molecule has 46 heavy (non-hydrogen) atoms. The molecule has 3 N–H and O–H groups in total. The number of nitrogens with one attached hydrogen (secondary N) is 1. The molecule has 0 rings (SSSR count). The van der Waals surface area contributed by atoms with Crippen LogP contribution in [0.25, 0.3) is 0 Å². The summed E-state index contributed by atoms with van der Waals surface area (Å²) < 4.78 is 26.6. The SMILES string of the molecule is CCCCCCCC/C=C/CCCCCCCCCCCCCC(=O)OCC(O)COP(=O)(O)OCCNC(=O)CCCCCC. The van der Waals surface area contributed by atoms with Gasteiger partial charge in [0.15, 0.2) is 0 Å². The van der Waals surface area contributed by atoms with Gasteiger partial charge in [-0.25, -0.2) is 4.57 Å². The minimum absolute atomic E-state index is 0.0819. The minimum Gasteiger partial charge on any atom is -0.463 e. The van der Waals surface area contributed by atoms with Crippen molar-refractivity contribution in [3.8, 4) is 0 Å². The molecule has 0 aliphatic carbocycles. The highest BCUT2D eigenvalue weighted by molar-refractivity contribution is 7.47. The Morgan fingerprint density at radius 3 is 1.65 bits per heavy atom. The molecule has 0 saturated carbocycles. The zero-order valence-electron chi connectivity index (χ0n) is 29.5. The Morgan fingerprint density at radius 2 is 1.11 bits per heavy atom. The predicted octanol–water partition coefficient (Wildman–Crippen LogP) is 9.49. The third kappa shape index (κ3) is 34.1. The molecule has 0 aromatic heterocycles. The fraction of sp³-hybridized carbons (Fsp3) is 0.889. The van der Waals surface area contributed by atoms with Crippen LogP contribution in [-0.2, 0) is 27.9 Å². The van der Waals surface area contributed by atoms with Gasteiger partial charge < -0.3 is 20.1 Å². The molecule has 1 amide bonds. The summed E-state index contributed by atoms with van der Waals surface area (Å²) in [4.78, 5) is 33.4. The van der Waals surface area contributed by atoms with Crippen molar-refractivity contribution >= 4 is 19.7 Å². The fourth-order valence-corrected chi connectivity index (χ4v) is 5.84. The summed E-state index contributed by atoms with van der Waals surface area (Å²) in [6, 6.07) is 0. The lowest BCUT2D eigenvalue weighted by molar-refractivity contribution is -0.147. The highest BCUT2D eigenvalue weighted by atomic mass is 31.2. The first-order chi connectivity index (χ1) is 22.3. The monoisotopic (exact) mass is 675 g/mol. The second-order valence-electron chi connectivity index (χ2n) is 12.6. The zero-order chi connectivity index (χ0) is 34.0. The Hall–Kier alpha value is -1.25. The number of allylic oxidation sites excluding steroid dienone is 2. The fourth-order valence-electron chi connectivity index (χ4n) is 5.08. The second-order valence-corrected chi connectivity index (χ2v) is 14.0. The number of phosphoric ester groups is 1. The molecule has 9 nitrogen and oxygen atoms in total. The number of hydrogen-bond donors (Lipinski definition) is 3. The van der Waals surface area contributed by atoms with E-state index in [1.807, 2.05) is 0 Å². The van der Waals surface area contributed by atoms with Gasteiger partial charge in [-0.05, 0) is 38.5 Å². The highest BCUT2D eigenvalue weighted by Crippen LogP contribution is 2.42. The average Bonchev–Trinajstić information content (AvgIpc) is 3.04. The Labute approximate surface area is 281 Å². The Bertz CT molecular complexity index is 779. The van der Waals surface area contributed by atoms with Crippen molar-refractivity contribution in [2.24, 2.45) is 0 Å². The number of esters is 1. The van der Waals surface area contributed by atoms with Gasteiger partial charge in [0.25, 0.3) is 0 Å². The lowest BCUT2D eigenvalue weighted by Gasteiger charge is -2.15. The summed E-state index contributed by atoms with van der Waals surface area (Å²) in [5.41, 5.74) is 0. The molecule has 0 aliphatic heterocycles. The van der Waals surface area contributed by atoms with E-state index >= 15 is 0 Å². The first-order valence-electron chi connectivity index (χ1n) is 18.7. The van der Waals surface area contributed by atoms with E-state index in [0.717, 1.165) is 44.9 Å². The smallest absolute Gasteiger partial charge is 0.463 e. The number of carbonyl (C=O) groups is 2. The molecule has 0 aliphatic rings. The molecular weight excluding hydrogens is 605 g/mol. The van der Waals surface area contributed by atoms with E-state index in [2.05, 4.69) is 31.3 Å². The molecule has 2 unspecified atom stereocenters. The number of carbonyl (C=O) groups excluding carboxylic acids is 2. The molecule has 0 radical (unpaired) electrons. The third-order valence-electron chi connectivity index (χ3n) is 7.95. The van der Waals surface area contributed by atoms with Gasteiger partial charge in [-0.15, -0.1) is 0 Å². The van der Waals surface area contributed by atoms with Gasteiger partial charge in [0.2, 0.25) is 5.91 Å². The van der Waals surface area contributed by atoms with Crippen LogP contribution < -0.4 is 5.32 Å². The van der Waals surface area contributed by atoms with Crippen LogP contribution in [0.1, 0.15) is 174 Å². The molecule has 0 spiro atoms. The Morgan fingerprint density at radius 1 is 0.652 bits per heavy atom. The van der Waals surface area contributed by atoms with Crippen molar-refractivity contribution in [1.82, 2.24) is 5.32 Å². The van der Waals surface area contributed by atoms with Crippen molar-refractivity contribution in [3.05, 3.63) is 12.2 Å². The maximum Gasteiger partial charge on any atom is 0.472 e. The molecule has 0 bridgehead atoms. The van der Waals surface area contributed by atoms with E-state index in [1.165, 1.54) is 103 Å². The van der Waals surface area contributed by atoms with Crippen LogP contribution in [-0.4, -0.2) is 54.3 Å². The summed E-state index contributed by atoms with van der Waals surface area (Å²) in [6.07, 6.45) is 32.0. The normalized spacial score (nSPS) is 13.6. The molecule has 10 heteroatoms. The van der Waals surface area contributed by atoms with Gasteiger partial charge in [0.1, 0.15) is 12.7 Å². The summed E-state index contributed by atoms with van der Waals surface area (Å²) >= 11 is 0. The van der Waals surface area contributed by atoms with Crippen LogP contribution in [0.15, 0.2) is 12.2 Å². The maximum atomic E-state index is 11.9. The third-order valence-corrected chi connectivity index (χ3v) is 8.93. The van der Waals surface area contributed by atoms with Gasteiger partial charge in [0, 0.05) is 19.4 Å². The van der Waals surface area contributed by atoms with Crippen molar-refractivity contribution in [2.45, 2.75) is 180 Å². The first kappa shape index (κ1) is 44.8. The summed E-state index contributed by atoms with van der Waals surface area (Å²) in [7, 11) is -4.39. The van der Waals surface area contributed by atoms with Gasteiger partial charge in [-0.3, -0.25) is 18.6 Å². The molecule has 272 valence electrons. The van der Waals surface area contributed by atoms with Crippen molar-refractivity contribution < 1.29 is 37.9 Å². The van der Waals surface area contributed by atoms with Crippen LogP contribution in [0.3, 0.4) is 0 Å². The molecule has 0 aromatic carbocycles. The number of rotatable bonds is 35. The van der Waals surface area contributed by atoms with Gasteiger partial charge in [0.05, 0.1) is 13.2 Å². The molecule has 0 saturated heterocycles. The largest absolute Gasteiger partial charge is 0.472 e. The number of phosphoric acid groups is 1. The van der Waals surface area contributed by atoms with E-state index in [1.54, 1.807) is 0 Å². The van der Waals surface area contributed by atoms with Crippen LogP contribution in [0, 0.1) is 0 Å². The van der Waals surface area contributed by atoms with Crippen LogP contribution in [0.2, 0.25) is 0 Å². The lowest BCUT2D eigenvalue weighted by Crippen LogP contribution is -2.27. The molecule has 2 atom stereocenters. The summed E-state index contributed by atoms with van der Waals surface area (Å²) in [5.74, 6) is -0.532. The van der Waals surface area contributed by atoms with Crippen molar-refractivity contribution in [2.75, 3.05) is 26.4 Å². The van der Waals surface area contributed by atoms with Gasteiger partial charge in [-0.2, -0.15) is 0 Å². The van der Waals surface area contributed by atoms with E-state index in [4.69, 9.17) is 13.8 Å². The van der Waals surface area contributed by atoms with E-state index in [0.29, 0.717) is 6.42 Å². The molecule has 0 aromatic rings. The zero-order valence-corrected chi connectivity index (χ0v) is 30.4. The van der Waals surface area contributed by atoms with Crippen molar-refractivity contribution in [3.63, 3.8) is 0 Å². The molecular formula is C36H70NO8P. The van der Waals surface area contributed by atoms with Crippen LogP contribution in [0.5, 0.6) is 0 Å². The summed E-state index contributed by atoms with van der Waals surface area (Å²) in [6.45, 7) is 3.42. The number of ether oxygens (including phenoxy) is 1. The number of aliphatic hydroxyl groups excluding tert-OH is 1. The first-order valence-corrected chi connectivity index (χ1v) is 20.2. The number of hydrogen-bond acceptors (Lipinski definition) is 7. The van der Waals surface area contributed by atoms with E-state index in [9.17, 15) is 24.2 Å². The van der Waals surface area contributed by atoms with Crippen LogP contribution in [0.4, 0.5) is 0 Å². The number of amides is 1. The second kappa shape index (κ2) is 33.6.